The van der Waals surface area contributed by atoms with E-state index < -0.39 is 6.10 Å². The zero-order valence-corrected chi connectivity index (χ0v) is 12.0. The maximum atomic E-state index is 12.1. The number of ether oxygens (including phenoxy) is 1. The number of carbonyl (C=O) groups is 1. The first-order valence-corrected chi connectivity index (χ1v) is 6.63. The zero-order valence-electron chi connectivity index (χ0n) is 12.0. The molecule has 0 aliphatic heterocycles. The molecule has 106 valence electrons. The van der Waals surface area contributed by atoms with Crippen LogP contribution in [0.3, 0.4) is 0 Å². The molecule has 21 heavy (non-hydrogen) atoms. The van der Waals surface area contributed by atoms with E-state index in [0.717, 1.165) is 5.56 Å². The van der Waals surface area contributed by atoms with Gasteiger partial charge in [0.25, 0.3) is 5.91 Å². The Hall–Kier alpha value is -2.80. The van der Waals surface area contributed by atoms with Gasteiger partial charge in [0.2, 0.25) is 0 Å². The van der Waals surface area contributed by atoms with Crippen LogP contribution in [0.25, 0.3) is 0 Å². The minimum atomic E-state index is -0.627. The average Bonchev–Trinajstić information content (AvgIpc) is 2.47. The third-order valence-electron chi connectivity index (χ3n) is 2.93. The van der Waals surface area contributed by atoms with E-state index in [9.17, 15) is 4.79 Å². The topological polar surface area (TPSA) is 62.1 Å². The molecule has 2 aromatic rings. The number of hydrogen-bond donors (Lipinski definition) is 1. The fraction of sp³-hybridized carbons (Fsp3) is 0.176. The van der Waals surface area contributed by atoms with Gasteiger partial charge in [-0.05, 0) is 49.7 Å². The number of nitrogens with one attached hydrogen (secondary N) is 1. The lowest BCUT2D eigenvalue weighted by Crippen LogP contribution is -2.30. The second kappa shape index (κ2) is 6.58. The molecule has 0 radical (unpaired) electrons. The van der Waals surface area contributed by atoms with Crippen LogP contribution in [-0.2, 0) is 4.79 Å². The number of hydrogen-bond acceptors (Lipinski definition) is 3. The van der Waals surface area contributed by atoms with Gasteiger partial charge >= 0.3 is 0 Å². The lowest BCUT2D eigenvalue weighted by Gasteiger charge is -2.15. The third-order valence-corrected chi connectivity index (χ3v) is 2.93. The van der Waals surface area contributed by atoms with Crippen LogP contribution in [0.5, 0.6) is 5.75 Å². The lowest BCUT2D eigenvalue weighted by atomic mass is 10.2. The van der Waals surface area contributed by atoms with Gasteiger partial charge in [0, 0.05) is 5.69 Å². The molecule has 0 heterocycles. The Kier molecular flexibility index (Phi) is 4.57. The second-order valence-corrected chi connectivity index (χ2v) is 4.76. The van der Waals surface area contributed by atoms with E-state index in [1.807, 2.05) is 37.3 Å². The predicted molar refractivity (Wildman–Crippen MR) is 81.1 cm³/mol. The van der Waals surface area contributed by atoms with Crippen LogP contribution in [0.15, 0.2) is 48.5 Å². The van der Waals surface area contributed by atoms with Crippen LogP contribution in [-0.4, -0.2) is 12.0 Å². The number of aryl methyl sites for hydroxylation is 1. The van der Waals surface area contributed by atoms with Crippen molar-refractivity contribution in [3.05, 3.63) is 59.7 Å². The quantitative estimate of drug-likeness (QED) is 0.935. The normalized spacial score (nSPS) is 11.3. The van der Waals surface area contributed by atoms with Gasteiger partial charge in [-0.1, -0.05) is 18.2 Å². The largest absolute Gasteiger partial charge is 0.481 e. The van der Waals surface area contributed by atoms with Gasteiger partial charge in [-0.25, -0.2) is 0 Å². The highest BCUT2D eigenvalue weighted by Crippen LogP contribution is 2.15. The summed E-state index contributed by atoms with van der Waals surface area (Å²) in [5, 5.41) is 11.6. The number of amides is 1. The van der Waals surface area contributed by atoms with Crippen molar-refractivity contribution in [2.45, 2.75) is 20.0 Å². The Bertz CT molecular complexity index is 689. The van der Waals surface area contributed by atoms with E-state index in [1.165, 1.54) is 0 Å². The average molecular weight is 280 g/mol. The van der Waals surface area contributed by atoms with Crippen molar-refractivity contribution in [1.82, 2.24) is 0 Å². The molecule has 0 unspecified atom stereocenters. The molecule has 1 atom stereocenters. The maximum absolute atomic E-state index is 12.1. The van der Waals surface area contributed by atoms with Crippen LogP contribution >= 0.6 is 0 Å². The zero-order chi connectivity index (χ0) is 15.2. The molecule has 1 N–H and O–H groups in total. The first-order valence-electron chi connectivity index (χ1n) is 6.63. The molecule has 0 aliphatic carbocycles. The summed E-state index contributed by atoms with van der Waals surface area (Å²) in [6, 6.07) is 16.3. The highest BCUT2D eigenvalue weighted by molar-refractivity contribution is 5.94. The number of nitriles is 1. The summed E-state index contributed by atoms with van der Waals surface area (Å²) >= 11 is 0. The van der Waals surface area contributed by atoms with E-state index in [2.05, 4.69) is 5.32 Å². The van der Waals surface area contributed by atoms with E-state index in [0.29, 0.717) is 17.0 Å². The smallest absolute Gasteiger partial charge is 0.265 e. The van der Waals surface area contributed by atoms with E-state index in [1.54, 1.807) is 31.2 Å². The Morgan fingerprint density at radius 3 is 2.71 bits per heavy atom. The second-order valence-electron chi connectivity index (χ2n) is 4.76. The SMILES string of the molecule is Cc1cccc(O[C@@H](C)C(=O)Nc2cccc(C#N)c2)c1. The van der Waals surface area contributed by atoms with Gasteiger partial charge in [0.1, 0.15) is 5.75 Å². The van der Waals surface area contributed by atoms with Gasteiger partial charge in [0.05, 0.1) is 11.6 Å². The van der Waals surface area contributed by atoms with Crippen LogP contribution in [0, 0.1) is 18.3 Å². The van der Waals surface area contributed by atoms with Crippen molar-refractivity contribution >= 4 is 11.6 Å². The maximum Gasteiger partial charge on any atom is 0.265 e. The molecule has 0 saturated carbocycles. The van der Waals surface area contributed by atoms with Crippen molar-refractivity contribution in [3.8, 4) is 11.8 Å². The molecule has 0 saturated heterocycles. The minimum absolute atomic E-state index is 0.258. The monoisotopic (exact) mass is 280 g/mol. The van der Waals surface area contributed by atoms with E-state index >= 15 is 0 Å². The fourth-order valence-electron chi connectivity index (χ4n) is 1.86. The van der Waals surface area contributed by atoms with Gasteiger partial charge in [-0.15, -0.1) is 0 Å². The summed E-state index contributed by atoms with van der Waals surface area (Å²) < 4.78 is 5.61. The Morgan fingerprint density at radius 1 is 1.24 bits per heavy atom. The lowest BCUT2D eigenvalue weighted by molar-refractivity contribution is -0.122. The molecular formula is C17H16N2O2. The van der Waals surface area contributed by atoms with Crippen LogP contribution in [0.4, 0.5) is 5.69 Å². The van der Waals surface area contributed by atoms with Crippen molar-refractivity contribution in [2.24, 2.45) is 0 Å². The van der Waals surface area contributed by atoms with Gasteiger partial charge in [0.15, 0.2) is 6.10 Å². The molecule has 0 spiro atoms. The van der Waals surface area contributed by atoms with Gasteiger partial charge in [-0.3, -0.25) is 4.79 Å². The molecule has 2 rings (SSSR count). The molecule has 0 fully saturated rings. The van der Waals surface area contributed by atoms with Crippen LogP contribution in [0.2, 0.25) is 0 Å². The van der Waals surface area contributed by atoms with Crippen molar-refractivity contribution in [3.63, 3.8) is 0 Å². The molecule has 2 aromatic carbocycles. The van der Waals surface area contributed by atoms with E-state index in [-0.39, 0.29) is 5.91 Å². The number of nitrogens with zero attached hydrogens (tertiary/aromatic N) is 1. The van der Waals surface area contributed by atoms with Crippen LogP contribution < -0.4 is 10.1 Å². The Labute approximate surface area is 124 Å². The van der Waals surface area contributed by atoms with Gasteiger partial charge in [-0.2, -0.15) is 5.26 Å². The van der Waals surface area contributed by atoms with Crippen molar-refractivity contribution in [1.29, 1.82) is 5.26 Å². The number of anilines is 1. The van der Waals surface area contributed by atoms with Gasteiger partial charge < -0.3 is 10.1 Å². The minimum Gasteiger partial charge on any atom is -0.481 e. The Balaban J connectivity index is 2.01. The van der Waals surface area contributed by atoms with Crippen molar-refractivity contribution in [2.75, 3.05) is 5.32 Å². The Morgan fingerprint density at radius 2 is 2.00 bits per heavy atom. The molecule has 0 aromatic heterocycles. The van der Waals surface area contributed by atoms with Crippen LogP contribution in [0.1, 0.15) is 18.1 Å². The summed E-state index contributed by atoms with van der Waals surface area (Å²) in [6.45, 7) is 3.65. The number of rotatable bonds is 4. The first kappa shape index (κ1) is 14.6. The third kappa shape index (κ3) is 4.08. The molecule has 0 bridgehead atoms. The van der Waals surface area contributed by atoms with E-state index in [4.69, 9.17) is 10.00 Å². The first-order chi connectivity index (χ1) is 10.1. The highest BCUT2D eigenvalue weighted by atomic mass is 16.5. The summed E-state index contributed by atoms with van der Waals surface area (Å²) in [4.78, 5) is 12.1. The summed E-state index contributed by atoms with van der Waals surface area (Å²) in [5.41, 5.74) is 2.15. The predicted octanol–water partition coefficient (Wildman–Crippen LogP) is 3.27. The standard InChI is InChI=1S/C17H16N2O2/c1-12-5-3-8-16(9-12)21-13(2)17(20)19-15-7-4-6-14(10-15)11-18/h3-10,13H,1-2H3,(H,19,20)/t13-/m0/s1. The summed E-state index contributed by atoms with van der Waals surface area (Å²) in [7, 11) is 0. The molecule has 4 heteroatoms. The highest BCUT2D eigenvalue weighted by Gasteiger charge is 2.15. The number of benzene rings is 2. The van der Waals surface area contributed by atoms with Crippen molar-refractivity contribution < 1.29 is 9.53 Å². The molecule has 4 nitrogen and oxygen atoms in total. The molecule has 1 amide bonds. The molecule has 0 aliphatic rings. The summed E-state index contributed by atoms with van der Waals surface area (Å²) in [6.07, 6.45) is -0.627. The fourth-order valence-corrected chi connectivity index (χ4v) is 1.86. The summed E-state index contributed by atoms with van der Waals surface area (Å²) in [5.74, 6) is 0.398. The number of carbonyl (C=O) groups excluding carboxylic acids is 1. The molecular weight excluding hydrogens is 264 g/mol.